The SMILES string of the molecule is CC.CC.CC.CC.CC.CC.O=C(c1cncnc1)c1ccccc1NS(=O)(=O)c1ccccc1. The zero-order chi connectivity index (χ0) is 29.0. The minimum atomic E-state index is -3.79. The minimum Gasteiger partial charge on any atom is -0.288 e. The molecule has 3 aromatic rings. The van der Waals surface area contributed by atoms with E-state index in [0.717, 1.165) is 0 Å². The summed E-state index contributed by atoms with van der Waals surface area (Å²) in [7, 11) is -3.79. The lowest BCUT2D eigenvalue weighted by atomic mass is 10.0. The van der Waals surface area contributed by atoms with Crippen molar-refractivity contribution >= 4 is 21.5 Å². The lowest BCUT2D eigenvalue weighted by Crippen LogP contribution is -2.16. The molecule has 0 atom stereocenters. The highest BCUT2D eigenvalue weighted by Gasteiger charge is 2.19. The first-order valence-electron chi connectivity index (χ1n) is 13.0. The Labute approximate surface area is 221 Å². The van der Waals surface area contributed by atoms with Crippen LogP contribution in [0, 0.1) is 0 Å². The Bertz CT molecular complexity index is 963. The number of ketones is 1. The molecule has 0 spiro atoms. The molecule has 0 saturated carbocycles. The molecule has 0 saturated heterocycles. The van der Waals surface area contributed by atoms with Gasteiger partial charge in [-0.05, 0) is 24.3 Å². The van der Waals surface area contributed by atoms with Gasteiger partial charge in [0.15, 0.2) is 5.78 Å². The van der Waals surface area contributed by atoms with Crippen LogP contribution in [0.2, 0.25) is 0 Å². The van der Waals surface area contributed by atoms with E-state index in [4.69, 9.17) is 0 Å². The number of hydrogen-bond acceptors (Lipinski definition) is 5. The molecule has 0 bridgehead atoms. The van der Waals surface area contributed by atoms with Gasteiger partial charge < -0.3 is 0 Å². The van der Waals surface area contributed by atoms with E-state index in [1.165, 1.54) is 36.9 Å². The number of para-hydroxylation sites is 1. The van der Waals surface area contributed by atoms with Crippen LogP contribution in [0.3, 0.4) is 0 Å². The molecule has 7 heteroatoms. The van der Waals surface area contributed by atoms with E-state index in [0.29, 0.717) is 0 Å². The van der Waals surface area contributed by atoms with Gasteiger partial charge in [-0.3, -0.25) is 9.52 Å². The number of carbonyl (C=O) groups excluding carboxylic acids is 1. The first-order chi connectivity index (χ1) is 17.6. The highest BCUT2D eigenvalue weighted by molar-refractivity contribution is 7.92. The molecule has 0 fully saturated rings. The van der Waals surface area contributed by atoms with E-state index in [-0.39, 0.29) is 27.5 Å². The molecule has 0 radical (unpaired) electrons. The van der Waals surface area contributed by atoms with Crippen molar-refractivity contribution in [2.45, 2.75) is 88.0 Å². The number of nitrogens with one attached hydrogen (secondary N) is 1. The number of carbonyl (C=O) groups is 1. The molecule has 1 N–H and O–H groups in total. The maximum atomic E-state index is 12.6. The maximum absolute atomic E-state index is 12.6. The maximum Gasteiger partial charge on any atom is 0.261 e. The first kappa shape index (κ1) is 40.1. The fourth-order valence-electron chi connectivity index (χ4n) is 2.15. The van der Waals surface area contributed by atoms with Crippen LogP contribution in [0.25, 0.3) is 0 Å². The smallest absolute Gasteiger partial charge is 0.261 e. The van der Waals surface area contributed by atoms with Gasteiger partial charge in [-0.25, -0.2) is 18.4 Å². The second-order valence-corrected chi connectivity index (χ2v) is 6.60. The zero-order valence-electron chi connectivity index (χ0n) is 24.5. The Kier molecular flexibility index (Phi) is 31.4. The van der Waals surface area contributed by atoms with Crippen LogP contribution in [0.5, 0.6) is 0 Å². The molecule has 3 rings (SSSR count). The minimum absolute atomic E-state index is 0.121. The van der Waals surface area contributed by atoms with Crippen molar-refractivity contribution in [2.24, 2.45) is 0 Å². The first-order valence-corrected chi connectivity index (χ1v) is 14.5. The molecule has 0 amide bonds. The van der Waals surface area contributed by atoms with Crippen LogP contribution < -0.4 is 4.72 Å². The molecule has 204 valence electrons. The molecular weight excluding hydrogens is 470 g/mol. The average Bonchev–Trinajstić information content (AvgIpc) is 3.00. The molecular formula is C29H49N3O3S. The standard InChI is InChI=1S/C17H13N3O3S.6C2H6/c21-17(13-10-18-12-19-11-13)15-8-4-5-9-16(15)20-24(22,23)14-6-2-1-3-7-14;6*1-2/h1-12,20H;6*1-2H3. The van der Waals surface area contributed by atoms with Crippen LogP contribution in [0.1, 0.15) is 99.0 Å². The van der Waals surface area contributed by atoms with Crippen molar-refractivity contribution in [3.8, 4) is 0 Å². The summed E-state index contributed by atoms with van der Waals surface area (Å²) in [5.41, 5.74) is 0.714. The average molecular weight is 520 g/mol. The number of sulfonamides is 1. The summed E-state index contributed by atoms with van der Waals surface area (Å²) in [5, 5.41) is 0. The molecule has 1 aromatic heterocycles. The number of anilines is 1. The summed E-state index contributed by atoms with van der Waals surface area (Å²) in [6, 6.07) is 14.4. The van der Waals surface area contributed by atoms with Crippen molar-refractivity contribution in [2.75, 3.05) is 4.72 Å². The number of benzene rings is 2. The molecule has 6 nitrogen and oxygen atoms in total. The van der Waals surface area contributed by atoms with Gasteiger partial charge in [-0.15, -0.1) is 0 Å². The van der Waals surface area contributed by atoms with E-state index < -0.39 is 10.0 Å². The third-order valence-electron chi connectivity index (χ3n) is 3.29. The number of aromatic nitrogens is 2. The van der Waals surface area contributed by atoms with Crippen molar-refractivity contribution < 1.29 is 13.2 Å². The van der Waals surface area contributed by atoms with Crippen LogP contribution >= 0.6 is 0 Å². The third-order valence-corrected chi connectivity index (χ3v) is 4.67. The van der Waals surface area contributed by atoms with Crippen LogP contribution in [-0.2, 0) is 10.0 Å². The lowest BCUT2D eigenvalue weighted by molar-refractivity contribution is 0.103. The van der Waals surface area contributed by atoms with Gasteiger partial charge >= 0.3 is 0 Å². The van der Waals surface area contributed by atoms with Gasteiger partial charge in [0, 0.05) is 18.0 Å². The number of hydrogen-bond donors (Lipinski definition) is 1. The summed E-state index contributed by atoms with van der Waals surface area (Å²) in [6.07, 6.45) is 4.09. The zero-order valence-corrected chi connectivity index (χ0v) is 25.3. The molecule has 2 aromatic carbocycles. The molecule has 0 aliphatic rings. The Balaban J connectivity index is -0.000000375. The van der Waals surface area contributed by atoms with E-state index in [1.807, 2.05) is 83.1 Å². The highest BCUT2D eigenvalue weighted by atomic mass is 32.2. The summed E-state index contributed by atoms with van der Waals surface area (Å²) in [6.45, 7) is 24.0. The largest absolute Gasteiger partial charge is 0.288 e. The van der Waals surface area contributed by atoms with E-state index in [2.05, 4.69) is 14.7 Å². The summed E-state index contributed by atoms with van der Waals surface area (Å²) in [4.78, 5) is 20.3. The lowest BCUT2D eigenvalue weighted by Gasteiger charge is -2.12. The Morgan fingerprint density at radius 2 is 1.06 bits per heavy atom. The van der Waals surface area contributed by atoms with Gasteiger partial charge in [-0.1, -0.05) is 113 Å². The Morgan fingerprint density at radius 1 is 0.639 bits per heavy atom. The topological polar surface area (TPSA) is 89.0 Å². The van der Waals surface area contributed by atoms with Gasteiger partial charge in [0.05, 0.1) is 16.1 Å². The van der Waals surface area contributed by atoms with Crippen molar-refractivity contribution in [1.82, 2.24) is 9.97 Å². The van der Waals surface area contributed by atoms with E-state index >= 15 is 0 Å². The number of nitrogens with zero attached hydrogens (tertiary/aromatic N) is 2. The molecule has 1 heterocycles. The van der Waals surface area contributed by atoms with Crippen LogP contribution in [-0.4, -0.2) is 24.2 Å². The van der Waals surface area contributed by atoms with E-state index in [1.54, 1.807) is 36.4 Å². The summed E-state index contributed by atoms with van der Waals surface area (Å²) < 4.78 is 27.4. The Hall–Kier alpha value is -3.06. The summed E-state index contributed by atoms with van der Waals surface area (Å²) >= 11 is 0. The molecule has 0 aliphatic carbocycles. The Morgan fingerprint density at radius 3 is 1.53 bits per heavy atom. The molecule has 36 heavy (non-hydrogen) atoms. The number of rotatable bonds is 5. The van der Waals surface area contributed by atoms with Gasteiger partial charge in [0.1, 0.15) is 6.33 Å². The van der Waals surface area contributed by atoms with Crippen LogP contribution in [0.4, 0.5) is 5.69 Å². The third kappa shape index (κ3) is 15.0. The molecule has 0 unspecified atom stereocenters. The fraction of sp³-hybridized carbons (Fsp3) is 0.414. The predicted molar refractivity (Wildman–Crippen MR) is 157 cm³/mol. The second-order valence-electron chi connectivity index (χ2n) is 4.92. The fourth-order valence-corrected chi connectivity index (χ4v) is 3.25. The van der Waals surface area contributed by atoms with Gasteiger partial charge in [-0.2, -0.15) is 0 Å². The quantitative estimate of drug-likeness (QED) is 0.341. The monoisotopic (exact) mass is 519 g/mol. The van der Waals surface area contributed by atoms with Crippen molar-refractivity contribution in [3.05, 3.63) is 84.4 Å². The van der Waals surface area contributed by atoms with Crippen molar-refractivity contribution in [3.63, 3.8) is 0 Å². The van der Waals surface area contributed by atoms with E-state index in [9.17, 15) is 13.2 Å². The van der Waals surface area contributed by atoms with Gasteiger partial charge in [0.2, 0.25) is 0 Å². The van der Waals surface area contributed by atoms with Crippen LogP contribution in [0.15, 0.2) is 78.2 Å². The highest BCUT2D eigenvalue weighted by Crippen LogP contribution is 2.22. The van der Waals surface area contributed by atoms with Gasteiger partial charge in [0.25, 0.3) is 10.0 Å². The normalized spacial score (nSPS) is 8.33. The predicted octanol–water partition coefficient (Wildman–Crippen LogP) is 8.67. The second kappa shape index (κ2) is 28.2. The summed E-state index contributed by atoms with van der Waals surface area (Å²) in [5.74, 6) is -0.359. The van der Waals surface area contributed by atoms with Crippen molar-refractivity contribution in [1.29, 1.82) is 0 Å². The molecule has 0 aliphatic heterocycles.